The van der Waals surface area contributed by atoms with Gasteiger partial charge in [-0.3, -0.25) is 5.32 Å². The number of nitrogens with zero attached hydrogens (tertiary/aromatic N) is 2. The molecule has 1 aromatic carbocycles. The van der Waals surface area contributed by atoms with Crippen LogP contribution in [0.25, 0.3) is 0 Å². The Morgan fingerprint density at radius 3 is 2.50 bits per heavy atom. The van der Waals surface area contributed by atoms with Gasteiger partial charge < -0.3 is 10.4 Å². The van der Waals surface area contributed by atoms with Crippen molar-refractivity contribution in [2.75, 3.05) is 10.6 Å². The Morgan fingerprint density at radius 1 is 1.15 bits per heavy atom. The van der Waals surface area contributed by atoms with Crippen LogP contribution in [0.1, 0.15) is 10.4 Å². The fraction of sp³-hybridized carbons (Fsp3) is 0. The number of nitrogens with one attached hydrogen (secondary N) is 2. The molecule has 0 radical (unpaired) electrons. The van der Waals surface area contributed by atoms with E-state index >= 15 is 0 Å². The van der Waals surface area contributed by atoms with Gasteiger partial charge in [0.1, 0.15) is 0 Å². The highest BCUT2D eigenvalue weighted by Crippen LogP contribution is 2.21. The minimum atomic E-state index is -1.14. The summed E-state index contributed by atoms with van der Waals surface area (Å²) in [5.41, 5.74) is 0.151. The molecule has 0 unspecified atom stereocenters. The van der Waals surface area contributed by atoms with Gasteiger partial charge in [0, 0.05) is 16.9 Å². The number of aromatic carboxylic acids is 1. The van der Waals surface area contributed by atoms with Crippen molar-refractivity contribution in [3.05, 3.63) is 46.7 Å². The van der Waals surface area contributed by atoms with E-state index in [4.69, 9.17) is 5.11 Å². The van der Waals surface area contributed by atoms with Gasteiger partial charge in [-0.05, 0) is 24.3 Å². The van der Waals surface area contributed by atoms with Gasteiger partial charge in [-0.15, -0.1) is 0 Å². The number of anilines is 2. The van der Waals surface area contributed by atoms with Crippen LogP contribution in [0.3, 0.4) is 0 Å². The van der Waals surface area contributed by atoms with Crippen LogP contribution >= 0.6 is 15.9 Å². The molecule has 0 atom stereocenters. The number of carboxylic acid groups (broad SMARTS) is 1. The van der Waals surface area contributed by atoms with Crippen molar-refractivity contribution in [1.82, 2.24) is 9.97 Å². The number of aromatic nitrogens is 2. The zero-order chi connectivity index (χ0) is 14.5. The van der Waals surface area contributed by atoms with E-state index in [0.29, 0.717) is 4.47 Å². The first kappa shape index (κ1) is 13.9. The second kappa shape index (κ2) is 6.11. The minimum Gasteiger partial charge on any atom is -0.478 e. The monoisotopic (exact) mass is 336 g/mol. The molecule has 2 aromatic rings. The number of carboxylic acids is 1. The Bertz CT molecular complexity index is 648. The molecule has 0 aliphatic rings. The molecule has 0 bridgehead atoms. The molecule has 2 amide bonds. The third-order valence-corrected chi connectivity index (χ3v) is 2.74. The first-order valence-electron chi connectivity index (χ1n) is 5.44. The molecule has 3 N–H and O–H groups in total. The average Bonchev–Trinajstić information content (AvgIpc) is 2.41. The molecule has 1 aromatic heterocycles. The SMILES string of the molecule is O=C(Nc1ncccn1)Nc1ccc(Br)cc1C(=O)O. The Balaban J connectivity index is 2.14. The lowest BCUT2D eigenvalue weighted by molar-refractivity contribution is 0.0698. The summed E-state index contributed by atoms with van der Waals surface area (Å²) in [5, 5.41) is 13.9. The molecule has 1 heterocycles. The predicted molar refractivity (Wildman–Crippen MR) is 75.8 cm³/mol. The fourth-order valence-corrected chi connectivity index (χ4v) is 1.78. The molecule has 2 rings (SSSR count). The quantitative estimate of drug-likeness (QED) is 0.799. The highest BCUT2D eigenvalue weighted by Gasteiger charge is 2.13. The molecule has 0 aliphatic carbocycles. The predicted octanol–water partition coefficient (Wildman–Crippen LogP) is 2.58. The van der Waals surface area contributed by atoms with E-state index in [1.54, 1.807) is 12.1 Å². The molecular weight excluding hydrogens is 328 g/mol. The first-order chi connectivity index (χ1) is 9.56. The van der Waals surface area contributed by atoms with Crippen LogP contribution in [0.4, 0.5) is 16.4 Å². The van der Waals surface area contributed by atoms with Gasteiger partial charge in [-0.1, -0.05) is 15.9 Å². The number of benzene rings is 1. The molecule has 20 heavy (non-hydrogen) atoms. The average molecular weight is 337 g/mol. The van der Waals surface area contributed by atoms with Crippen LogP contribution in [-0.4, -0.2) is 27.1 Å². The smallest absolute Gasteiger partial charge is 0.337 e. The van der Waals surface area contributed by atoms with Crippen molar-refractivity contribution in [1.29, 1.82) is 0 Å². The molecule has 0 fully saturated rings. The van der Waals surface area contributed by atoms with E-state index in [9.17, 15) is 9.59 Å². The summed E-state index contributed by atoms with van der Waals surface area (Å²) in [5.74, 6) is -1.02. The largest absolute Gasteiger partial charge is 0.478 e. The van der Waals surface area contributed by atoms with Crippen LogP contribution in [0, 0.1) is 0 Å². The third-order valence-electron chi connectivity index (χ3n) is 2.25. The van der Waals surface area contributed by atoms with Crippen LogP contribution in [0.2, 0.25) is 0 Å². The second-order valence-corrected chi connectivity index (χ2v) is 4.56. The van der Waals surface area contributed by atoms with Gasteiger partial charge in [0.05, 0.1) is 11.3 Å². The van der Waals surface area contributed by atoms with E-state index in [2.05, 4.69) is 36.5 Å². The van der Waals surface area contributed by atoms with Gasteiger partial charge in [0.25, 0.3) is 0 Å². The van der Waals surface area contributed by atoms with Crippen molar-refractivity contribution in [2.45, 2.75) is 0 Å². The second-order valence-electron chi connectivity index (χ2n) is 3.65. The minimum absolute atomic E-state index is 0.0245. The zero-order valence-electron chi connectivity index (χ0n) is 10.0. The molecule has 0 saturated heterocycles. The standard InChI is InChI=1S/C12H9BrN4O3/c13-7-2-3-9(8(6-7)10(18)19)16-12(20)17-11-14-4-1-5-15-11/h1-6H,(H,18,19)(H2,14,15,16,17,20). The van der Waals surface area contributed by atoms with Crippen molar-refractivity contribution in [3.8, 4) is 0 Å². The summed E-state index contributed by atoms with van der Waals surface area (Å²) in [6.45, 7) is 0. The van der Waals surface area contributed by atoms with Crippen molar-refractivity contribution in [3.63, 3.8) is 0 Å². The van der Waals surface area contributed by atoms with E-state index in [-0.39, 0.29) is 17.2 Å². The topological polar surface area (TPSA) is 104 Å². The van der Waals surface area contributed by atoms with Gasteiger partial charge in [-0.2, -0.15) is 0 Å². The maximum atomic E-state index is 11.7. The van der Waals surface area contributed by atoms with Crippen LogP contribution < -0.4 is 10.6 Å². The lowest BCUT2D eigenvalue weighted by Crippen LogP contribution is -2.22. The van der Waals surface area contributed by atoms with Crippen LogP contribution in [-0.2, 0) is 0 Å². The molecule has 8 heteroatoms. The molecular formula is C12H9BrN4O3. The maximum absolute atomic E-state index is 11.7. The Labute approximate surface area is 122 Å². The van der Waals surface area contributed by atoms with E-state index < -0.39 is 12.0 Å². The van der Waals surface area contributed by atoms with E-state index in [0.717, 1.165) is 0 Å². The first-order valence-corrected chi connectivity index (χ1v) is 6.23. The highest BCUT2D eigenvalue weighted by atomic mass is 79.9. The lowest BCUT2D eigenvalue weighted by Gasteiger charge is -2.09. The third kappa shape index (κ3) is 3.51. The molecule has 0 aliphatic heterocycles. The summed E-state index contributed by atoms with van der Waals surface area (Å²) >= 11 is 3.17. The summed E-state index contributed by atoms with van der Waals surface area (Å²) < 4.78 is 0.604. The van der Waals surface area contributed by atoms with Crippen molar-refractivity contribution in [2.24, 2.45) is 0 Å². The van der Waals surface area contributed by atoms with Crippen molar-refractivity contribution < 1.29 is 14.7 Å². The highest BCUT2D eigenvalue weighted by molar-refractivity contribution is 9.10. The van der Waals surface area contributed by atoms with Gasteiger partial charge in [0.15, 0.2) is 0 Å². The molecule has 7 nitrogen and oxygen atoms in total. The number of carbonyl (C=O) groups excluding carboxylic acids is 1. The number of halogens is 1. The van der Waals surface area contributed by atoms with Gasteiger partial charge in [0.2, 0.25) is 5.95 Å². The van der Waals surface area contributed by atoms with E-state index in [1.807, 2.05) is 0 Å². The van der Waals surface area contributed by atoms with Crippen LogP contribution in [0.15, 0.2) is 41.1 Å². The molecule has 0 saturated carbocycles. The molecule has 102 valence electrons. The van der Waals surface area contributed by atoms with Crippen LogP contribution in [0.5, 0.6) is 0 Å². The Kier molecular flexibility index (Phi) is 4.26. The summed E-state index contributed by atoms with van der Waals surface area (Å²) in [4.78, 5) is 30.5. The normalized spacial score (nSPS) is 9.85. The zero-order valence-corrected chi connectivity index (χ0v) is 11.6. The molecule has 0 spiro atoms. The fourth-order valence-electron chi connectivity index (χ4n) is 1.42. The number of amides is 2. The van der Waals surface area contributed by atoms with Crippen molar-refractivity contribution >= 4 is 39.6 Å². The Morgan fingerprint density at radius 2 is 1.85 bits per heavy atom. The summed E-state index contributed by atoms with van der Waals surface area (Å²) in [7, 11) is 0. The number of carbonyl (C=O) groups is 2. The Hall–Kier alpha value is -2.48. The van der Waals surface area contributed by atoms with Gasteiger partial charge in [-0.25, -0.2) is 19.6 Å². The maximum Gasteiger partial charge on any atom is 0.337 e. The number of urea groups is 1. The summed E-state index contributed by atoms with van der Waals surface area (Å²) in [6.07, 6.45) is 2.95. The number of hydrogen-bond acceptors (Lipinski definition) is 4. The van der Waals surface area contributed by atoms with Gasteiger partial charge >= 0.3 is 12.0 Å². The van der Waals surface area contributed by atoms with E-state index in [1.165, 1.54) is 24.5 Å². The summed E-state index contributed by atoms with van der Waals surface area (Å²) in [6, 6.07) is 5.50. The lowest BCUT2D eigenvalue weighted by atomic mass is 10.2. The number of rotatable bonds is 3. The number of hydrogen-bond donors (Lipinski definition) is 3.